The maximum Gasteiger partial charge on any atom is 0.253 e. The molecule has 0 bridgehead atoms. The maximum absolute atomic E-state index is 13.8. The van der Waals surface area contributed by atoms with Gasteiger partial charge in [0.1, 0.15) is 18.2 Å². The number of ketones is 1. The molecule has 3 aliphatic rings. The number of likely N-dealkylation sites (tertiary alicyclic amines) is 1. The molecule has 1 saturated carbocycles. The minimum atomic E-state index is -0.931. The Morgan fingerprint density at radius 1 is 1.30 bits per heavy atom. The van der Waals surface area contributed by atoms with Crippen molar-refractivity contribution in [1.29, 1.82) is 0 Å². The van der Waals surface area contributed by atoms with E-state index in [1.807, 2.05) is 29.6 Å². The number of fused-ring (bicyclic) bond motifs is 2. The SMILES string of the molecule is CC(C)C1CC1(NC(=O)c1csc2ccccc12)C(=O)N1CCC[C@H]2OCC(=O)[C@H]21. The Balaban J connectivity index is 1.44. The van der Waals surface area contributed by atoms with Crippen LogP contribution in [0.4, 0.5) is 0 Å². The Labute approximate surface area is 179 Å². The van der Waals surface area contributed by atoms with Crippen LogP contribution >= 0.6 is 11.3 Å². The number of thiophene rings is 1. The molecule has 2 unspecified atom stereocenters. The summed E-state index contributed by atoms with van der Waals surface area (Å²) in [7, 11) is 0. The van der Waals surface area contributed by atoms with Crippen LogP contribution in [0.1, 0.15) is 43.5 Å². The van der Waals surface area contributed by atoms with Crippen LogP contribution in [0.5, 0.6) is 0 Å². The van der Waals surface area contributed by atoms with Gasteiger partial charge in [0.05, 0.1) is 11.7 Å². The van der Waals surface area contributed by atoms with Crippen molar-refractivity contribution in [1.82, 2.24) is 10.2 Å². The first-order valence-corrected chi connectivity index (χ1v) is 11.5. The Morgan fingerprint density at radius 2 is 2.10 bits per heavy atom. The van der Waals surface area contributed by atoms with Crippen LogP contribution in [0.3, 0.4) is 0 Å². The van der Waals surface area contributed by atoms with Crippen molar-refractivity contribution in [3.05, 3.63) is 35.2 Å². The van der Waals surface area contributed by atoms with E-state index in [0.717, 1.165) is 22.9 Å². The molecular formula is C23H26N2O4S. The molecule has 30 heavy (non-hydrogen) atoms. The zero-order valence-electron chi connectivity index (χ0n) is 17.2. The Hall–Kier alpha value is -2.25. The van der Waals surface area contributed by atoms with Gasteiger partial charge in [0.15, 0.2) is 5.78 Å². The van der Waals surface area contributed by atoms with Crippen molar-refractivity contribution < 1.29 is 19.1 Å². The lowest BCUT2D eigenvalue weighted by Crippen LogP contribution is -2.60. The first kappa shape index (κ1) is 19.7. The number of nitrogens with zero attached hydrogens (tertiary/aromatic N) is 1. The van der Waals surface area contributed by atoms with Gasteiger partial charge in [0.2, 0.25) is 5.91 Å². The average molecular weight is 427 g/mol. The average Bonchev–Trinajstić information content (AvgIpc) is 3.12. The van der Waals surface area contributed by atoms with Gasteiger partial charge in [-0.15, -0.1) is 11.3 Å². The highest BCUT2D eigenvalue weighted by atomic mass is 32.1. The van der Waals surface area contributed by atoms with Crippen molar-refractivity contribution in [2.24, 2.45) is 11.8 Å². The van der Waals surface area contributed by atoms with E-state index in [1.165, 1.54) is 11.3 Å². The van der Waals surface area contributed by atoms with Crippen molar-refractivity contribution in [3.8, 4) is 0 Å². The fourth-order valence-electron chi connectivity index (χ4n) is 5.23. The Bertz CT molecular complexity index is 1030. The van der Waals surface area contributed by atoms with Gasteiger partial charge in [-0.1, -0.05) is 32.0 Å². The number of benzene rings is 1. The molecule has 4 atom stereocenters. The molecule has 0 spiro atoms. The molecule has 1 aromatic carbocycles. The Morgan fingerprint density at radius 3 is 2.87 bits per heavy atom. The van der Waals surface area contributed by atoms with Gasteiger partial charge < -0.3 is 15.0 Å². The third-order valence-corrected chi connectivity index (χ3v) is 7.83. The van der Waals surface area contributed by atoms with Crippen molar-refractivity contribution in [3.63, 3.8) is 0 Å². The number of ether oxygens (including phenoxy) is 1. The third kappa shape index (κ3) is 2.98. The summed E-state index contributed by atoms with van der Waals surface area (Å²) in [5.74, 6) is -0.0459. The number of amides is 2. The number of Topliss-reactive ketones (excluding diaryl/α,β-unsaturated/α-hetero) is 1. The quantitative estimate of drug-likeness (QED) is 0.816. The van der Waals surface area contributed by atoms with Crippen molar-refractivity contribution in [2.45, 2.75) is 50.8 Å². The fourth-order valence-corrected chi connectivity index (χ4v) is 6.18. The van der Waals surface area contributed by atoms with E-state index in [-0.39, 0.29) is 42.1 Å². The van der Waals surface area contributed by atoms with Gasteiger partial charge >= 0.3 is 0 Å². The standard InChI is InChI=1S/C23H26N2O4S/c1-13(2)16-10-23(16,22(28)25-9-5-7-18-20(25)17(26)11-29-18)24-21(27)15-12-30-19-8-4-3-6-14(15)19/h3-4,6,8,12-13,16,18,20H,5,7,9-11H2,1-2H3,(H,24,27)/t16?,18-,20-,23?/m1/s1. The maximum atomic E-state index is 13.8. The van der Waals surface area contributed by atoms with Gasteiger partial charge in [-0.25, -0.2) is 0 Å². The predicted molar refractivity (Wildman–Crippen MR) is 114 cm³/mol. The summed E-state index contributed by atoms with van der Waals surface area (Å²) in [6, 6.07) is 7.29. The summed E-state index contributed by atoms with van der Waals surface area (Å²) in [5.41, 5.74) is -0.326. The lowest BCUT2D eigenvalue weighted by molar-refractivity contribution is -0.144. The van der Waals surface area contributed by atoms with Gasteiger partial charge in [0.25, 0.3) is 5.91 Å². The van der Waals surface area contributed by atoms with Crippen LogP contribution in [-0.4, -0.2) is 53.3 Å². The smallest absolute Gasteiger partial charge is 0.253 e. The van der Waals surface area contributed by atoms with E-state index in [9.17, 15) is 14.4 Å². The van der Waals surface area contributed by atoms with E-state index in [2.05, 4.69) is 19.2 Å². The van der Waals surface area contributed by atoms with Gasteiger partial charge in [-0.05, 0) is 37.2 Å². The number of hydrogen-bond donors (Lipinski definition) is 1. The second-order valence-electron chi connectivity index (χ2n) is 9.03. The van der Waals surface area contributed by atoms with Crippen LogP contribution in [0.25, 0.3) is 10.1 Å². The molecule has 2 amide bonds. The molecular weight excluding hydrogens is 400 g/mol. The number of hydrogen-bond acceptors (Lipinski definition) is 5. The lowest BCUT2D eigenvalue weighted by atomic mass is 9.94. The molecule has 3 fully saturated rings. The molecule has 3 heterocycles. The number of nitrogens with one attached hydrogen (secondary N) is 1. The molecule has 7 heteroatoms. The molecule has 6 nitrogen and oxygen atoms in total. The van der Waals surface area contributed by atoms with Crippen LogP contribution in [0.15, 0.2) is 29.6 Å². The molecule has 5 rings (SSSR count). The largest absolute Gasteiger partial charge is 0.368 e. The summed E-state index contributed by atoms with van der Waals surface area (Å²) >= 11 is 1.53. The predicted octanol–water partition coefficient (Wildman–Crippen LogP) is 3.00. The van der Waals surface area contributed by atoms with Crippen molar-refractivity contribution >= 4 is 39.0 Å². The molecule has 1 aromatic heterocycles. The zero-order valence-corrected chi connectivity index (χ0v) is 18.0. The Kier molecular flexibility index (Phi) is 4.71. The second kappa shape index (κ2) is 7.17. The first-order chi connectivity index (χ1) is 14.4. The van der Waals surface area contributed by atoms with Crippen molar-refractivity contribution in [2.75, 3.05) is 13.2 Å². The van der Waals surface area contributed by atoms with Crippen LogP contribution in [0.2, 0.25) is 0 Å². The molecule has 2 aromatic rings. The summed E-state index contributed by atoms with van der Waals surface area (Å²) in [6.07, 6.45) is 2.01. The van der Waals surface area contributed by atoms with Gasteiger partial charge in [0, 0.05) is 22.0 Å². The summed E-state index contributed by atoms with van der Waals surface area (Å²) in [4.78, 5) is 41.1. The topological polar surface area (TPSA) is 75.7 Å². The highest BCUT2D eigenvalue weighted by Crippen LogP contribution is 2.50. The van der Waals surface area contributed by atoms with E-state index < -0.39 is 11.6 Å². The van der Waals surface area contributed by atoms with E-state index >= 15 is 0 Å². The second-order valence-corrected chi connectivity index (χ2v) is 9.94. The normalized spacial score (nSPS) is 30.6. The zero-order chi connectivity index (χ0) is 21.0. The minimum Gasteiger partial charge on any atom is -0.368 e. The van der Waals surface area contributed by atoms with Crippen LogP contribution < -0.4 is 5.32 Å². The minimum absolute atomic E-state index is 0.0277. The number of carbonyl (C=O) groups is 3. The monoisotopic (exact) mass is 426 g/mol. The third-order valence-electron chi connectivity index (χ3n) is 6.87. The fraction of sp³-hybridized carbons (Fsp3) is 0.522. The van der Waals surface area contributed by atoms with E-state index in [4.69, 9.17) is 4.74 Å². The number of rotatable bonds is 4. The molecule has 2 saturated heterocycles. The number of carbonyl (C=O) groups excluding carboxylic acids is 3. The van der Waals surface area contributed by atoms with E-state index in [1.54, 1.807) is 4.90 Å². The number of piperidine rings is 1. The first-order valence-electron chi connectivity index (χ1n) is 10.7. The molecule has 1 N–H and O–H groups in total. The summed E-state index contributed by atoms with van der Waals surface area (Å²) in [5, 5.41) is 5.87. The lowest BCUT2D eigenvalue weighted by Gasteiger charge is -2.38. The van der Waals surface area contributed by atoms with Gasteiger partial charge in [-0.3, -0.25) is 14.4 Å². The molecule has 1 aliphatic carbocycles. The van der Waals surface area contributed by atoms with Crippen LogP contribution in [0, 0.1) is 11.8 Å². The highest BCUT2D eigenvalue weighted by Gasteiger charge is 2.64. The molecule has 2 aliphatic heterocycles. The van der Waals surface area contributed by atoms with Gasteiger partial charge in [-0.2, -0.15) is 0 Å². The molecule has 158 valence electrons. The summed E-state index contributed by atoms with van der Waals surface area (Å²) in [6.45, 7) is 4.77. The summed E-state index contributed by atoms with van der Waals surface area (Å²) < 4.78 is 6.66. The highest BCUT2D eigenvalue weighted by molar-refractivity contribution is 7.17. The van der Waals surface area contributed by atoms with E-state index in [0.29, 0.717) is 18.5 Å². The molecule has 0 radical (unpaired) electrons. The van der Waals surface area contributed by atoms with Crippen LogP contribution in [-0.2, 0) is 14.3 Å².